The average molecular weight is 667 g/mol. The molecule has 0 radical (unpaired) electrons. The third-order valence-corrected chi connectivity index (χ3v) is 9.03. The third kappa shape index (κ3) is 5.68. The van der Waals surface area contributed by atoms with Gasteiger partial charge in [-0.25, -0.2) is 4.39 Å². The summed E-state index contributed by atoms with van der Waals surface area (Å²) in [5.74, 6) is 0. The van der Waals surface area contributed by atoms with Crippen LogP contribution in [0, 0.1) is 0 Å². The number of hydrogen-bond acceptors (Lipinski definition) is 3. The molecule has 0 unspecified atom stereocenters. The highest BCUT2D eigenvalue weighted by Crippen LogP contribution is 2.52. The van der Waals surface area contributed by atoms with Crippen LogP contribution in [0.25, 0.3) is 0 Å². The van der Waals surface area contributed by atoms with Gasteiger partial charge in [0.2, 0.25) is 0 Å². The first-order valence-electron chi connectivity index (χ1n) is 13.7. The molecule has 2 aliphatic heterocycles. The highest BCUT2D eigenvalue weighted by Gasteiger charge is 2.63. The molecule has 0 bridgehead atoms. The Balaban J connectivity index is 1.23. The highest BCUT2D eigenvalue weighted by molar-refractivity contribution is 6.42. The van der Waals surface area contributed by atoms with Gasteiger partial charge in [-0.15, -0.1) is 0 Å². The van der Waals surface area contributed by atoms with Crippen LogP contribution in [0.3, 0.4) is 0 Å². The quantitative estimate of drug-likeness (QED) is 0.191. The van der Waals surface area contributed by atoms with E-state index in [1.54, 1.807) is 0 Å². The number of benzene rings is 4. The summed E-state index contributed by atoms with van der Waals surface area (Å²) >= 11 is 11.5. The van der Waals surface area contributed by atoms with E-state index in [-0.39, 0.29) is 36.5 Å². The highest BCUT2D eigenvalue weighted by atomic mass is 35.5. The lowest BCUT2D eigenvalue weighted by Gasteiger charge is -2.49. The Bertz CT molecular complexity index is 1680. The van der Waals surface area contributed by atoms with Crippen LogP contribution in [0.4, 0.5) is 30.7 Å². The van der Waals surface area contributed by atoms with Gasteiger partial charge in [-0.3, -0.25) is 4.90 Å². The second-order valence-electron chi connectivity index (χ2n) is 11.1. The number of alkyl halides is 7. The fourth-order valence-electron chi connectivity index (χ4n) is 5.90. The van der Waals surface area contributed by atoms with Crippen molar-refractivity contribution in [2.24, 2.45) is 5.16 Å². The molecule has 1 fully saturated rings. The average Bonchev–Trinajstić information content (AvgIpc) is 3.46. The number of halogens is 9. The summed E-state index contributed by atoms with van der Waals surface area (Å²) in [6.07, 6.45) is -11.2. The molecule has 1 saturated heterocycles. The third-order valence-electron chi connectivity index (χ3n) is 8.22. The minimum absolute atomic E-state index is 0.0842. The van der Waals surface area contributed by atoms with Gasteiger partial charge in [-0.2, -0.15) is 26.3 Å². The SMILES string of the molecule is FC(F)(F)c1cc([C@]2(C(F)(F)F)CC(c3ccc(C4(F)CN(C(c5ccccc5)c5ccccc5)C4)cc3)=NO2)cc(Cl)c1Cl. The number of oxime groups is 1. The zero-order valence-electron chi connectivity index (χ0n) is 23.1. The Hall–Kier alpha value is -3.60. The first-order chi connectivity index (χ1) is 21.2. The molecule has 6 rings (SSSR count). The molecule has 0 aromatic heterocycles. The van der Waals surface area contributed by atoms with Crippen LogP contribution in [0.15, 0.2) is 102 Å². The van der Waals surface area contributed by atoms with Crippen molar-refractivity contribution >= 4 is 28.9 Å². The van der Waals surface area contributed by atoms with Crippen LogP contribution >= 0.6 is 23.2 Å². The number of rotatable bonds is 6. The van der Waals surface area contributed by atoms with Gasteiger partial charge in [0.1, 0.15) is 0 Å². The second-order valence-corrected chi connectivity index (χ2v) is 11.9. The molecular weight excluding hydrogens is 644 g/mol. The van der Waals surface area contributed by atoms with Gasteiger partial charge in [0.15, 0.2) is 5.67 Å². The summed E-state index contributed by atoms with van der Waals surface area (Å²) in [5.41, 5.74) is -4.98. The maximum Gasteiger partial charge on any atom is 0.435 e. The Morgan fingerprint density at radius 1 is 0.756 bits per heavy atom. The summed E-state index contributed by atoms with van der Waals surface area (Å²) in [4.78, 5) is 6.90. The predicted octanol–water partition coefficient (Wildman–Crippen LogP) is 9.86. The summed E-state index contributed by atoms with van der Waals surface area (Å²) < 4.78 is 100. The molecule has 0 amide bonds. The van der Waals surface area contributed by atoms with Crippen molar-refractivity contribution in [3.8, 4) is 0 Å². The summed E-state index contributed by atoms with van der Waals surface area (Å²) in [6.45, 7) is 0.168. The molecule has 0 N–H and O–H groups in total. The molecule has 2 heterocycles. The standard InChI is InChI=1S/C33H23Cl2F7N2O/c34-26-16-24(15-25(28(26)35)32(37,38)39)31(33(40,41)42)17-27(43-45-31)20-11-13-23(14-12-20)30(36)18-44(19-30)29(21-7-3-1-4-8-21)22-9-5-2-6-10-22/h1-16,29H,17-19H2/t31-/m0/s1. The minimum atomic E-state index is -5.18. The number of hydrogen-bond donors (Lipinski definition) is 0. The first-order valence-corrected chi connectivity index (χ1v) is 14.5. The van der Waals surface area contributed by atoms with E-state index in [9.17, 15) is 26.3 Å². The molecule has 1 atom stereocenters. The van der Waals surface area contributed by atoms with E-state index in [0.717, 1.165) is 11.1 Å². The van der Waals surface area contributed by atoms with Crippen LogP contribution in [0.1, 0.15) is 45.8 Å². The van der Waals surface area contributed by atoms with Gasteiger partial charge in [-0.05, 0) is 34.4 Å². The zero-order valence-corrected chi connectivity index (χ0v) is 24.7. The van der Waals surface area contributed by atoms with Crippen LogP contribution in [0.5, 0.6) is 0 Å². The van der Waals surface area contributed by atoms with E-state index in [2.05, 4.69) is 5.16 Å². The molecule has 0 aliphatic carbocycles. The monoisotopic (exact) mass is 666 g/mol. The van der Waals surface area contributed by atoms with Crippen molar-refractivity contribution < 1.29 is 35.6 Å². The molecule has 2 aliphatic rings. The van der Waals surface area contributed by atoms with Crippen molar-refractivity contribution in [1.29, 1.82) is 0 Å². The zero-order chi connectivity index (χ0) is 32.2. The van der Waals surface area contributed by atoms with Crippen molar-refractivity contribution in [2.45, 2.75) is 36.1 Å². The van der Waals surface area contributed by atoms with Crippen molar-refractivity contribution in [1.82, 2.24) is 4.90 Å². The van der Waals surface area contributed by atoms with E-state index in [1.807, 2.05) is 65.6 Å². The molecule has 4 aromatic rings. The smallest absolute Gasteiger partial charge is 0.374 e. The van der Waals surface area contributed by atoms with Crippen molar-refractivity contribution in [2.75, 3.05) is 13.1 Å². The fourth-order valence-corrected chi connectivity index (χ4v) is 6.33. The van der Waals surface area contributed by atoms with E-state index in [0.29, 0.717) is 11.6 Å². The molecule has 0 saturated carbocycles. The van der Waals surface area contributed by atoms with Crippen LogP contribution in [0.2, 0.25) is 10.0 Å². The van der Waals surface area contributed by atoms with Gasteiger partial charge in [-0.1, -0.05) is 113 Å². The molecular formula is C33H23Cl2F7N2O. The summed E-state index contributed by atoms with van der Waals surface area (Å²) in [6, 6.07) is 26.0. The van der Waals surface area contributed by atoms with Crippen molar-refractivity contribution in [3.05, 3.63) is 140 Å². The van der Waals surface area contributed by atoms with E-state index in [4.69, 9.17) is 28.0 Å². The van der Waals surface area contributed by atoms with Gasteiger partial charge in [0.05, 0.1) is 27.4 Å². The first kappa shape index (κ1) is 31.4. The number of likely N-dealkylation sites (tertiary alicyclic amines) is 1. The number of nitrogens with zero attached hydrogens (tertiary/aromatic N) is 2. The van der Waals surface area contributed by atoms with Gasteiger partial charge < -0.3 is 4.84 Å². The fraction of sp³-hybridized carbons (Fsp3) is 0.242. The summed E-state index contributed by atoms with van der Waals surface area (Å²) in [7, 11) is 0. The van der Waals surface area contributed by atoms with E-state index >= 15 is 4.39 Å². The normalized spacial score (nSPS) is 20.1. The maximum absolute atomic E-state index is 16.1. The molecule has 45 heavy (non-hydrogen) atoms. The minimum Gasteiger partial charge on any atom is -0.374 e. The van der Waals surface area contributed by atoms with Gasteiger partial charge in [0, 0.05) is 25.1 Å². The van der Waals surface area contributed by atoms with Crippen LogP contribution in [-0.2, 0) is 22.3 Å². The molecule has 12 heteroatoms. The van der Waals surface area contributed by atoms with E-state index < -0.39 is 51.2 Å². The van der Waals surface area contributed by atoms with Crippen LogP contribution in [-0.4, -0.2) is 29.9 Å². The lowest BCUT2D eigenvalue weighted by atomic mass is 9.82. The molecule has 234 valence electrons. The van der Waals surface area contributed by atoms with Gasteiger partial charge >= 0.3 is 12.4 Å². The summed E-state index contributed by atoms with van der Waals surface area (Å²) in [5, 5.41) is 1.98. The molecule has 4 aromatic carbocycles. The largest absolute Gasteiger partial charge is 0.435 e. The lowest BCUT2D eigenvalue weighted by molar-refractivity contribution is -0.276. The Morgan fingerprint density at radius 2 is 1.31 bits per heavy atom. The Kier molecular flexibility index (Phi) is 7.90. The van der Waals surface area contributed by atoms with Gasteiger partial charge in [0.25, 0.3) is 5.60 Å². The Labute approximate surface area is 263 Å². The Morgan fingerprint density at radius 3 is 1.82 bits per heavy atom. The maximum atomic E-state index is 16.1. The second kappa shape index (κ2) is 11.3. The lowest BCUT2D eigenvalue weighted by Crippen LogP contribution is -2.57. The predicted molar refractivity (Wildman–Crippen MR) is 157 cm³/mol. The molecule has 0 spiro atoms. The van der Waals surface area contributed by atoms with Crippen LogP contribution < -0.4 is 0 Å². The van der Waals surface area contributed by atoms with E-state index in [1.165, 1.54) is 24.3 Å². The molecule has 3 nitrogen and oxygen atoms in total. The van der Waals surface area contributed by atoms with Crippen molar-refractivity contribution in [3.63, 3.8) is 0 Å². The topological polar surface area (TPSA) is 24.8 Å².